The van der Waals surface area contributed by atoms with Crippen molar-refractivity contribution in [3.8, 4) is 5.88 Å². The zero-order chi connectivity index (χ0) is 9.26. The van der Waals surface area contributed by atoms with Gasteiger partial charge in [-0.15, -0.1) is 0 Å². The van der Waals surface area contributed by atoms with Crippen molar-refractivity contribution in [2.45, 2.75) is 17.2 Å². The van der Waals surface area contributed by atoms with Gasteiger partial charge in [-0.25, -0.2) is 4.98 Å². The molecule has 1 aliphatic rings. The number of hydrogen-bond acceptors (Lipinski definition) is 5. The number of nitrogens with zero attached hydrogens (tertiary/aromatic N) is 2. The Labute approximate surface area is 81.1 Å². The highest BCUT2D eigenvalue weighted by Gasteiger charge is 2.20. The molecule has 1 aromatic rings. The summed E-state index contributed by atoms with van der Waals surface area (Å²) in [4.78, 5) is 8.21. The average Bonchev–Trinajstić information content (AvgIpc) is 2.16. The highest BCUT2D eigenvalue weighted by molar-refractivity contribution is 8.00. The van der Waals surface area contributed by atoms with E-state index in [2.05, 4.69) is 22.2 Å². The molecule has 0 radical (unpaired) electrons. The van der Waals surface area contributed by atoms with Gasteiger partial charge in [-0.2, -0.15) is 4.98 Å². The number of anilines is 1. The van der Waals surface area contributed by atoms with Crippen LogP contribution in [0.2, 0.25) is 0 Å². The molecule has 2 heterocycles. The van der Waals surface area contributed by atoms with Crippen molar-refractivity contribution in [3.05, 3.63) is 6.33 Å². The molecule has 0 saturated heterocycles. The summed E-state index contributed by atoms with van der Waals surface area (Å²) >= 11 is 1.75. The molecule has 70 valence electrons. The summed E-state index contributed by atoms with van der Waals surface area (Å²) in [6.45, 7) is 3.09. The van der Waals surface area contributed by atoms with Crippen LogP contribution in [-0.4, -0.2) is 28.9 Å². The molecule has 0 saturated carbocycles. The maximum Gasteiger partial charge on any atom is 0.241 e. The van der Waals surface area contributed by atoms with Crippen LogP contribution in [0.15, 0.2) is 11.4 Å². The van der Waals surface area contributed by atoms with Gasteiger partial charge in [-0.05, 0) is 0 Å². The number of rotatable bonds is 1. The van der Waals surface area contributed by atoms with Crippen molar-refractivity contribution in [1.82, 2.24) is 9.97 Å². The topological polar surface area (TPSA) is 47.0 Å². The minimum absolute atomic E-state index is 0.548. The highest BCUT2D eigenvalue weighted by Crippen LogP contribution is 2.37. The van der Waals surface area contributed by atoms with Crippen LogP contribution in [0.3, 0.4) is 0 Å². The molecule has 0 fully saturated rings. The molecule has 5 heteroatoms. The zero-order valence-corrected chi connectivity index (χ0v) is 8.39. The van der Waals surface area contributed by atoms with Gasteiger partial charge in [0.2, 0.25) is 5.88 Å². The third kappa shape index (κ3) is 1.56. The number of fused-ring (bicyclic) bond motifs is 1. The summed E-state index contributed by atoms with van der Waals surface area (Å²) in [5, 5.41) is 4.79. The number of aromatic nitrogens is 2. The van der Waals surface area contributed by atoms with Gasteiger partial charge in [0, 0.05) is 11.8 Å². The van der Waals surface area contributed by atoms with Crippen molar-refractivity contribution < 1.29 is 4.74 Å². The molecule has 0 aromatic carbocycles. The van der Waals surface area contributed by atoms with Crippen molar-refractivity contribution in [2.24, 2.45) is 0 Å². The molecular formula is C8H11N3OS. The lowest BCUT2D eigenvalue weighted by Crippen LogP contribution is -2.19. The molecule has 0 bridgehead atoms. The molecule has 0 spiro atoms. The molecular weight excluding hydrogens is 186 g/mol. The van der Waals surface area contributed by atoms with E-state index in [0.29, 0.717) is 11.1 Å². The van der Waals surface area contributed by atoms with Crippen LogP contribution in [0.25, 0.3) is 0 Å². The lowest BCUT2D eigenvalue weighted by molar-refractivity contribution is 0.397. The largest absolute Gasteiger partial charge is 0.479 e. The minimum Gasteiger partial charge on any atom is -0.479 e. The third-order valence-corrected chi connectivity index (χ3v) is 2.95. The number of thioether (sulfide) groups is 1. The lowest BCUT2D eigenvalue weighted by atomic mass is 10.4. The van der Waals surface area contributed by atoms with Gasteiger partial charge >= 0.3 is 0 Å². The van der Waals surface area contributed by atoms with Gasteiger partial charge < -0.3 is 10.1 Å². The van der Waals surface area contributed by atoms with E-state index in [9.17, 15) is 0 Å². The number of ether oxygens (including phenoxy) is 1. The lowest BCUT2D eigenvalue weighted by Gasteiger charge is -2.22. The molecule has 2 rings (SSSR count). The summed E-state index contributed by atoms with van der Waals surface area (Å²) in [7, 11) is 1.62. The van der Waals surface area contributed by atoms with E-state index in [1.54, 1.807) is 18.9 Å². The van der Waals surface area contributed by atoms with E-state index in [1.807, 2.05) is 0 Å². The summed E-state index contributed by atoms with van der Waals surface area (Å²) in [5.74, 6) is 0.629. The van der Waals surface area contributed by atoms with Crippen LogP contribution in [0, 0.1) is 0 Å². The predicted octanol–water partition coefficient (Wildman–Crippen LogP) is 1.39. The third-order valence-electron chi connectivity index (χ3n) is 1.85. The SMILES string of the molecule is COc1ncnc2c1NCC(C)S2. The number of nitrogens with one attached hydrogen (secondary N) is 1. The van der Waals surface area contributed by atoms with Crippen molar-refractivity contribution in [3.63, 3.8) is 0 Å². The second-order valence-corrected chi connectivity index (χ2v) is 4.30. The molecule has 1 N–H and O–H groups in total. The van der Waals surface area contributed by atoms with E-state index >= 15 is 0 Å². The molecule has 1 aliphatic heterocycles. The minimum atomic E-state index is 0.548. The van der Waals surface area contributed by atoms with E-state index in [0.717, 1.165) is 17.3 Å². The van der Waals surface area contributed by atoms with Crippen molar-refractivity contribution >= 4 is 17.4 Å². The summed E-state index contributed by atoms with van der Waals surface area (Å²) in [6.07, 6.45) is 1.53. The van der Waals surface area contributed by atoms with Gasteiger partial charge in [-0.3, -0.25) is 0 Å². The molecule has 0 aliphatic carbocycles. The second kappa shape index (κ2) is 3.41. The zero-order valence-electron chi connectivity index (χ0n) is 7.57. The normalized spacial score (nSPS) is 20.3. The van der Waals surface area contributed by atoms with Crippen LogP contribution in [0.4, 0.5) is 5.69 Å². The Balaban J connectivity index is 2.39. The Hall–Kier alpha value is -0.970. The van der Waals surface area contributed by atoms with Gasteiger partial charge in [0.1, 0.15) is 17.0 Å². The van der Waals surface area contributed by atoms with E-state index in [-0.39, 0.29) is 0 Å². The van der Waals surface area contributed by atoms with Crippen molar-refractivity contribution in [2.75, 3.05) is 19.0 Å². The van der Waals surface area contributed by atoms with Crippen molar-refractivity contribution in [1.29, 1.82) is 0 Å². The Morgan fingerprint density at radius 1 is 1.62 bits per heavy atom. The first-order valence-corrected chi connectivity index (χ1v) is 4.98. The summed E-state index contributed by atoms with van der Waals surface area (Å²) < 4.78 is 5.12. The van der Waals surface area contributed by atoms with E-state index in [4.69, 9.17) is 4.74 Å². The van der Waals surface area contributed by atoms with E-state index < -0.39 is 0 Å². The first kappa shape index (κ1) is 8.62. The fourth-order valence-electron chi connectivity index (χ4n) is 1.23. The molecule has 4 nitrogen and oxygen atoms in total. The second-order valence-electron chi connectivity index (χ2n) is 2.87. The average molecular weight is 197 g/mol. The van der Waals surface area contributed by atoms with Crippen LogP contribution in [-0.2, 0) is 0 Å². The maximum absolute atomic E-state index is 5.12. The Kier molecular flexibility index (Phi) is 2.26. The maximum atomic E-state index is 5.12. The fourth-order valence-corrected chi connectivity index (χ4v) is 2.16. The summed E-state index contributed by atoms with van der Waals surface area (Å²) in [6, 6.07) is 0. The van der Waals surface area contributed by atoms with Gasteiger partial charge in [0.05, 0.1) is 7.11 Å². The molecule has 0 amide bonds. The Bertz CT molecular complexity index is 318. The molecule has 1 atom stereocenters. The smallest absolute Gasteiger partial charge is 0.241 e. The quantitative estimate of drug-likeness (QED) is 0.689. The molecule has 1 unspecified atom stereocenters. The van der Waals surface area contributed by atoms with Crippen LogP contribution < -0.4 is 10.1 Å². The van der Waals surface area contributed by atoms with Crippen LogP contribution in [0.5, 0.6) is 5.88 Å². The summed E-state index contributed by atoms with van der Waals surface area (Å²) in [5.41, 5.74) is 0.924. The van der Waals surface area contributed by atoms with Gasteiger partial charge in [0.25, 0.3) is 0 Å². The van der Waals surface area contributed by atoms with Gasteiger partial charge in [0.15, 0.2) is 0 Å². The fraction of sp³-hybridized carbons (Fsp3) is 0.500. The number of methoxy groups -OCH3 is 1. The monoisotopic (exact) mass is 197 g/mol. The van der Waals surface area contributed by atoms with Crippen LogP contribution in [0.1, 0.15) is 6.92 Å². The standard InChI is InChI=1S/C8H11N3OS/c1-5-3-9-6-7(12-2)10-4-11-8(6)13-5/h4-5,9H,3H2,1-2H3. The molecule has 13 heavy (non-hydrogen) atoms. The predicted molar refractivity (Wildman–Crippen MR) is 52.4 cm³/mol. The van der Waals surface area contributed by atoms with E-state index in [1.165, 1.54) is 6.33 Å². The highest BCUT2D eigenvalue weighted by atomic mass is 32.2. The van der Waals surface area contributed by atoms with Crippen LogP contribution >= 0.6 is 11.8 Å². The Morgan fingerprint density at radius 3 is 3.23 bits per heavy atom. The Morgan fingerprint density at radius 2 is 2.46 bits per heavy atom. The first-order valence-electron chi connectivity index (χ1n) is 4.10. The first-order chi connectivity index (χ1) is 6.31. The number of hydrogen-bond donors (Lipinski definition) is 1. The molecule has 1 aromatic heterocycles. The van der Waals surface area contributed by atoms with Gasteiger partial charge in [-0.1, -0.05) is 18.7 Å².